The Kier molecular flexibility index (Phi) is 4.61. The van der Waals surface area contributed by atoms with Gasteiger partial charge in [0.05, 0.1) is 15.9 Å². The van der Waals surface area contributed by atoms with Crippen LogP contribution in [0.2, 0.25) is 0 Å². The summed E-state index contributed by atoms with van der Waals surface area (Å²) in [6.07, 6.45) is 2.05. The Bertz CT molecular complexity index is 815. The van der Waals surface area contributed by atoms with E-state index in [2.05, 4.69) is 6.07 Å². The van der Waals surface area contributed by atoms with Crippen molar-refractivity contribution in [3.8, 4) is 6.07 Å². The highest BCUT2D eigenvalue weighted by Gasteiger charge is 2.31. The molecule has 120 valence electrons. The lowest BCUT2D eigenvalue weighted by atomic mass is 10.0. The minimum atomic E-state index is -3.75. The number of piperidine rings is 1. The number of nitriles is 1. The van der Waals surface area contributed by atoms with E-state index >= 15 is 0 Å². The summed E-state index contributed by atoms with van der Waals surface area (Å²) in [5, 5.41) is 8.88. The first-order valence-corrected chi connectivity index (χ1v) is 10.2. The SMILES string of the molecule is Cc1ccc(S(C)(=O)=O)cc1S(=O)(=O)N1CCC(C#N)CC1. The van der Waals surface area contributed by atoms with Crippen LogP contribution in [0, 0.1) is 24.2 Å². The van der Waals surface area contributed by atoms with Crippen LogP contribution in [-0.4, -0.2) is 40.5 Å². The van der Waals surface area contributed by atoms with Crippen LogP contribution in [0.4, 0.5) is 0 Å². The minimum Gasteiger partial charge on any atom is -0.224 e. The van der Waals surface area contributed by atoms with E-state index in [9.17, 15) is 16.8 Å². The molecule has 1 fully saturated rings. The van der Waals surface area contributed by atoms with Gasteiger partial charge in [-0.3, -0.25) is 0 Å². The van der Waals surface area contributed by atoms with Crippen LogP contribution < -0.4 is 0 Å². The fourth-order valence-electron chi connectivity index (χ4n) is 2.45. The molecular weight excluding hydrogens is 324 g/mol. The molecule has 0 amide bonds. The second-order valence-electron chi connectivity index (χ2n) is 5.51. The van der Waals surface area contributed by atoms with Gasteiger partial charge in [0.1, 0.15) is 0 Å². The molecule has 1 saturated heterocycles. The van der Waals surface area contributed by atoms with E-state index < -0.39 is 19.9 Å². The summed E-state index contributed by atoms with van der Waals surface area (Å²) in [4.78, 5) is 0.00872. The quantitative estimate of drug-likeness (QED) is 0.825. The van der Waals surface area contributed by atoms with E-state index in [0.717, 1.165) is 6.26 Å². The Labute approximate surface area is 131 Å². The summed E-state index contributed by atoms with van der Waals surface area (Å²) >= 11 is 0. The molecule has 1 heterocycles. The van der Waals surface area contributed by atoms with E-state index in [1.54, 1.807) is 6.92 Å². The summed E-state index contributed by atoms with van der Waals surface area (Å²) in [7, 11) is -7.22. The molecule has 0 aromatic heterocycles. The largest absolute Gasteiger partial charge is 0.243 e. The predicted molar refractivity (Wildman–Crippen MR) is 81.4 cm³/mol. The zero-order valence-electron chi connectivity index (χ0n) is 12.5. The van der Waals surface area contributed by atoms with Gasteiger partial charge in [0.2, 0.25) is 10.0 Å². The molecule has 0 bridgehead atoms. The molecule has 0 atom stereocenters. The lowest BCUT2D eigenvalue weighted by molar-refractivity contribution is 0.309. The average molecular weight is 342 g/mol. The second kappa shape index (κ2) is 5.99. The molecule has 0 radical (unpaired) electrons. The number of benzene rings is 1. The number of sulfonamides is 1. The van der Waals surface area contributed by atoms with Gasteiger partial charge in [-0.05, 0) is 37.5 Å². The first kappa shape index (κ1) is 16.9. The van der Waals surface area contributed by atoms with Crippen molar-refractivity contribution in [3.05, 3.63) is 23.8 Å². The summed E-state index contributed by atoms with van der Waals surface area (Å²) < 4.78 is 50.1. The van der Waals surface area contributed by atoms with E-state index in [1.165, 1.54) is 22.5 Å². The third-order valence-electron chi connectivity index (χ3n) is 3.84. The zero-order valence-corrected chi connectivity index (χ0v) is 14.1. The zero-order chi connectivity index (χ0) is 16.5. The van der Waals surface area contributed by atoms with E-state index in [1.807, 2.05) is 0 Å². The molecule has 1 aromatic rings. The van der Waals surface area contributed by atoms with Crippen molar-refractivity contribution >= 4 is 19.9 Å². The van der Waals surface area contributed by atoms with Crippen molar-refractivity contribution in [2.24, 2.45) is 5.92 Å². The third kappa shape index (κ3) is 3.32. The smallest absolute Gasteiger partial charge is 0.224 e. The molecule has 1 aromatic carbocycles. The van der Waals surface area contributed by atoms with E-state index in [4.69, 9.17) is 5.26 Å². The Morgan fingerprint density at radius 3 is 2.27 bits per heavy atom. The van der Waals surface area contributed by atoms with Crippen LogP contribution in [0.5, 0.6) is 0 Å². The van der Waals surface area contributed by atoms with E-state index in [0.29, 0.717) is 18.4 Å². The van der Waals surface area contributed by atoms with Crippen LogP contribution in [0.3, 0.4) is 0 Å². The fraction of sp³-hybridized carbons (Fsp3) is 0.500. The van der Waals surface area contributed by atoms with Crippen molar-refractivity contribution in [1.29, 1.82) is 5.26 Å². The standard InChI is InChI=1S/C14H18N2O4S2/c1-11-3-4-13(21(2,17)18)9-14(11)22(19,20)16-7-5-12(10-15)6-8-16/h3-4,9,12H,5-8H2,1-2H3. The van der Waals surface area contributed by atoms with Crippen LogP contribution >= 0.6 is 0 Å². The molecule has 1 aliphatic rings. The Balaban J connectivity index is 2.40. The molecule has 8 heteroatoms. The number of sulfone groups is 1. The molecule has 0 saturated carbocycles. The highest BCUT2D eigenvalue weighted by molar-refractivity contribution is 7.91. The monoisotopic (exact) mass is 342 g/mol. The normalized spacial score (nSPS) is 18.0. The Morgan fingerprint density at radius 1 is 1.18 bits per heavy atom. The number of hydrogen-bond donors (Lipinski definition) is 0. The first-order valence-electron chi connectivity index (χ1n) is 6.87. The van der Waals surface area contributed by atoms with Crippen molar-refractivity contribution in [2.45, 2.75) is 29.6 Å². The van der Waals surface area contributed by atoms with Crippen LogP contribution in [-0.2, 0) is 19.9 Å². The van der Waals surface area contributed by atoms with Gasteiger partial charge in [0, 0.05) is 25.3 Å². The van der Waals surface area contributed by atoms with Crippen molar-refractivity contribution in [2.75, 3.05) is 19.3 Å². The summed E-state index contributed by atoms with van der Waals surface area (Å²) in [6, 6.07) is 6.29. The van der Waals surface area contributed by atoms with Crippen molar-refractivity contribution in [3.63, 3.8) is 0 Å². The Hall–Kier alpha value is -1.43. The van der Waals surface area contributed by atoms with Crippen LogP contribution in [0.1, 0.15) is 18.4 Å². The molecule has 2 rings (SSSR count). The average Bonchev–Trinajstić information content (AvgIpc) is 2.46. The second-order valence-corrected chi connectivity index (χ2v) is 9.43. The van der Waals surface area contributed by atoms with Gasteiger partial charge < -0.3 is 0 Å². The molecule has 0 aliphatic carbocycles. The first-order chi connectivity index (χ1) is 10.2. The van der Waals surface area contributed by atoms with Gasteiger partial charge in [-0.2, -0.15) is 9.57 Å². The highest BCUT2D eigenvalue weighted by Crippen LogP contribution is 2.27. The minimum absolute atomic E-state index is 0.0106. The maximum atomic E-state index is 12.7. The van der Waals surface area contributed by atoms with Gasteiger partial charge >= 0.3 is 0 Å². The maximum Gasteiger partial charge on any atom is 0.243 e. The van der Waals surface area contributed by atoms with E-state index in [-0.39, 0.29) is 28.8 Å². The van der Waals surface area contributed by atoms with Gasteiger partial charge in [0.25, 0.3) is 0 Å². The number of hydrogen-bond acceptors (Lipinski definition) is 5. The lowest BCUT2D eigenvalue weighted by Gasteiger charge is -2.28. The van der Waals surface area contributed by atoms with Gasteiger partial charge in [0.15, 0.2) is 9.84 Å². The number of nitrogens with zero attached hydrogens (tertiary/aromatic N) is 2. The van der Waals surface area contributed by atoms with Crippen LogP contribution in [0.15, 0.2) is 28.0 Å². The molecule has 22 heavy (non-hydrogen) atoms. The molecule has 0 unspecified atom stereocenters. The molecule has 1 aliphatic heterocycles. The fourth-order valence-corrected chi connectivity index (χ4v) is 4.90. The lowest BCUT2D eigenvalue weighted by Crippen LogP contribution is -2.38. The van der Waals surface area contributed by atoms with Gasteiger partial charge in [-0.15, -0.1) is 0 Å². The molecule has 6 nitrogen and oxygen atoms in total. The van der Waals surface area contributed by atoms with Gasteiger partial charge in [-0.1, -0.05) is 6.07 Å². The van der Waals surface area contributed by atoms with Crippen molar-refractivity contribution in [1.82, 2.24) is 4.31 Å². The molecule has 0 spiro atoms. The number of aryl methyl sites for hydroxylation is 1. The van der Waals surface area contributed by atoms with Crippen molar-refractivity contribution < 1.29 is 16.8 Å². The predicted octanol–water partition coefficient (Wildman–Crippen LogP) is 1.32. The summed E-state index contributed by atoms with van der Waals surface area (Å²) in [5.74, 6) is -0.116. The van der Waals surface area contributed by atoms with Gasteiger partial charge in [-0.25, -0.2) is 16.8 Å². The Morgan fingerprint density at radius 2 is 1.77 bits per heavy atom. The van der Waals surface area contributed by atoms with Crippen LogP contribution in [0.25, 0.3) is 0 Å². The third-order valence-corrected chi connectivity index (χ3v) is 6.99. The summed E-state index contributed by atoms with van der Waals surface area (Å²) in [5.41, 5.74) is 0.509. The molecule has 0 N–H and O–H groups in total. The maximum absolute atomic E-state index is 12.7. The summed E-state index contributed by atoms with van der Waals surface area (Å²) in [6.45, 7) is 2.20. The molecular formula is C14H18N2O4S2. The topological polar surface area (TPSA) is 95.3 Å². The highest BCUT2D eigenvalue weighted by atomic mass is 32.2. The number of rotatable bonds is 3.